The van der Waals surface area contributed by atoms with Gasteiger partial charge in [0.05, 0.1) is 13.7 Å². The van der Waals surface area contributed by atoms with E-state index in [4.69, 9.17) is 25.9 Å². The summed E-state index contributed by atoms with van der Waals surface area (Å²) in [5.74, 6) is 1.61. The van der Waals surface area contributed by atoms with Crippen LogP contribution >= 0.6 is 23.4 Å². The quantitative estimate of drug-likeness (QED) is 0.227. The molecule has 9 heteroatoms. The Morgan fingerprint density at radius 2 is 1.85 bits per heavy atom. The van der Waals surface area contributed by atoms with E-state index in [1.807, 2.05) is 26.2 Å². The van der Waals surface area contributed by atoms with Crippen LogP contribution in [0.5, 0.6) is 11.5 Å². The summed E-state index contributed by atoms with van der Waals surface area (Å²) in [5.41, 5.74) is 4.98. The van der Waals surface area contributed by atoms with E-state index in [1.54, 1.807) is 26.2 Å². The highest BCUT2D eigenvalue weighted by Gasteiger charge is 2.12. The largest absolute Gasteiger partial charge is 0.496 e. The fraction of sp³-hybridized carbons (Fsp3) is 0.333. The van der Waals surface area contributed by atoms with Gasteiger partial charge in [-0.25, -0.2) is 8.78 Å². The molecule has 0 saturated carbocycles. The Morgan fingerprint density at radius 3 is 2.36 bits per heavy atom. The maximum absolute atomic E-state index is 14.0. The minimum Gasteiger partial charge on any atom is -0.496 e. The van der Waals surface area contributed by atoms with E-state index in [0.29, 0.717) is 22.4 Å². The number of hydrogen-bond donors (Lipinski definition) is 1. The third kappa shape index (κ3) is 12.8. The van der Waals surface area contributed by atoms with Crippen LogP contribution in [0, 0.1) is 30.9 Å². The van der Waals surface area contributed by atoms with E-state index >= 15 is 0 Å². The molecule has 0 aliphatic carbocycles. The molecule has 0 atom stereocenters. The van der Waals surface area contributed by atoms with Crippen molar-refractivity contribution in [2.45, 2.75) is 34.2 Å². The number of primary amides is 1. The number of carbonyl (C=O) groups is 1. The molecule has 182 valence electrons. The Hall–Kier alpha value is -2.76. The lowest BCUT2D eigenvalue weighted by atomic mass is 10.2. The normalized spacial score (nSPS) is 9.52. The predicted octanol–water partition coefficient (Wildman–Crippen LogP) is 6.04. The maximum Gasteiger partial charge on any atom is 0.204 e. The van der Waals surface area contributed by atoms with Gasteiger partial charge in [-0.1, -0.05) is 31.5 Å². The van der Waals surface area contributed by atoms with E-state index in [0.717, 1.165) is 5.56 Å². The van der Waals surface area contributed by atoms with Gasteiger partial charge in [0.25, 0.3) is 0 Å². The monoisotopic (exact) mass is 500 g/mol. The summed E-state index contributed by atoms with van der Waals surface area (Å²) in [4.78, 5) is 13.1. The van der Waals surface area contributed by atoms with E-state index in [1.165, 1.54) is 30.8 Å². The molecule has 0 saturated heterocycles. The lowest BCUT2D eigenvalue weighted by Gasteiger charge is -2.11. The van der Waals surface area contributed by atoms with Crippen LogP contribution in [0.1, 0.15) is 31.9 Å². The summed E-state index contributed by atoms with van der Waals surface area (Å²) in [6.45, 7) is 7.50. The summed E-state index contributed by atoms with van der Waals surface area (Å²) in [6, 6.07) is 7.78. The number of benzene rings is 2. The van der Waals surface area contributed by atoms with Crippen LogP contribution in [-0.2, 0) is 11.3 Å². The summed E-state index contributed by atoms with van der Waals surface area (Å²) in [7, 11) is 1.57. The summed E-state index contributed by atoms with van der Waals surface area (Å²) in [6.07, 6.45) is 6.70. The Labute approximate surface area is 204 Å². The molecule has 33 heavy (non-hydrogen) atoms. The Balaban J connectivity index is 0. The smallest absolute Gasteiger partial charge is 0.204 e. The van der Waals surface area contributed by atoms with Crippen LogP contribution < -0.4 is 15.2 Å². The van der Waals surface area contributed by atoms with Crippen molar-refractivity contribution < 1.29 is 23.0 Å². The number of thioether (sulfide) groups is 1. The summed E-state index contributed by atoms with van der Waals surface area (Å²) < 4.78 is 38.0. The molecule has 2 N–H and O–H groups in total. The fourth-order valence-electron chi connectivity index (χ4n) is 2.08. The van der Waals surface area contributed by atoms with Crippen molar-refractivity contribution in [2.24, 2.45) is 10.7 Å². The zero-order valence-electron chi connectivity index (χ0n) is 19.7. The lowest BCUT2D eigenvalue weighted by molar-refractivity contribution is -0.106. The number of hydrogen-bond acceptors (Lipinski definition) is 5. The number of ether oxygens (including phenoxy) is 2. The number of halogens is 3. The standard InChI is InChI=1S/C18H18ClF2NO2S.C3H4.C2H6.CH3NO/c1-11-14(20)6-7-15(18(11)21)24-10-17(25-3)22-9-12-4-5-13(19)8-16(12)23-2;1-3-2;1-2;2-1-3/h4-8H,9-10H2,1-3H3;1H,2H3;1-2H3;1H,(H2,2,3). The number of carbonyl (C=O) groups excluding carboxylic acids is 1. The molecular weight excluding hydrogens is 470 g/mol. The molecule has 0 aliphatic rings. The van der Waals surface area contributed by atoms with Gasteiger partial charge in [0.1, 0.15) is 23.2 Å². The van der Waals surface area contributed by atoms with Crippen molar-refractivity contribution in [3.05, 3.63) is 58.1 Å². The number of nitrogens with zero attached hydrogens (tertiary/aromatic N) is 1. The molecule has 2 aromatic carbocycles. The minimum absolute atomic E-state index is 0.00437. The topological polar surface area (TPSA) is 73.9 Å². The van der Waals surface area contributed by atoms with Gasteiger partial charge in [0.2, 0.25) is 6.41 Å². The molecule has 0 aliphatic heterocycles. The first-order valence-corrected chi connectivity index (χ1v) is 11.4. The van der Waals surface area contributed by atoms with Crippen molar-refractivity contribution >= 4 is 34.8 Å². The van der Waals surface area contributed by atoms with Gasteiger partial charge in [-0.05, 0) is 44.4 Å². The van der Waals surface area contributed by atoms with Gasteiger partial charge in [-0.2, -0.15) is 0 Å². The molecule has 1 amide bonds. The van der Waals surface area contributed by atoms with Crippen LogP contribution in [0.3, 0.4) is 0 Å². The molecule has 0 unspecified atom stereocenters. The van der Waals surface area contributed by atoms with Crippen molar-refractivity contribution in [1.29, 1.82) is 0 Å². The summed E-state index contributed by atoms with van der Waals surface area (Å²) >= 11 is 7.34. The van der Waals surface area contributed by atoms with Crippen LogP contribution in [0.25, 0.3) is 0 Å². The van der Waals surface area contributed by atoms with Crippen molar-refractivity contribution in [2.75, 3.05) is 20.0 Å². The average Bonchev–Trinajstić information content (AvgIpc) is 2.81. The highest BCUT2D eigenvalue weighted by molar-refractivity contribution is 8.13. The number of terminal acetylenes is 1. The van der Waals surface area contributed by atoms with Crippen LogP contribution in [0.15, 0.2) is 35.3 Å². The fourth-order valence-corrected chi connectivity index (χ4v) is 2.61. The Bertz CT molecular complexity index is 919. The molecule has 0 heterocycles. The first-order valence-electron chi connectivity index (χ1n) is 9.79. The molecule has 0 spiro atoms. The second kappa shape index (κ2) is 19.9. The van der Waals surface area contributed by atoms with Gasteiger partial charge >= 0.3 is 0 Å². The van der Waals surface area contributed by atoms with E-state index in [2.05, 4.69) is 23.1 Å². The number of nitrogens with two attached hydrogens (primary N) is 1. The van der Waals surface area contributed by atoms with Crippen molar-refractivity contribution in [1.82, 2.24) is 0 Å². The number of aliphatic imine (C=N–C) groups is 1. The zero-order valence-corrected chi connectivity index (χ0v) is 21.3. The van der Waals surface area contributed by atoms with Gasteiger partial charge in [0, 0.05) is 16.1 Å². The first-order chi connectivity index (χ1) is 15.8. The predicted molar refractivity (Wildman–Crippen MR) is 135 cm³/mol. The number of methoxy groups -OCH3 is 1. The Morgan fingerprint density at radius 1 is 1.27 bits per heavy atom. The number of rotatable bonds is 6. The second-order valence-corrected chi connectivity index (χ2v) is 6.88. The van der Waals surface area contributed by atoms with Crippen molar-refractivity contribution in [3.63, 3.8) is 0 Å². The molecule has 0 bridgehead atoms. The number of amides is 1. The van der Waals surface area contributed by atoms with Gasteiger partial charge in [0.15, 0.2) is 11.6 Å². The van der Waals surface area contributed by atoms with E-state index < -0.39 is 11.6 Å². The van der Waals surface area contributed by atoms with Crippen LogP contribution in [0.4, 0.5) is 8.78 Å². The average molecular weight is 501 g/mol. The maximum atomic E-state index is 14.0. The molecule has 5 nitrogen and oxygen atoms in total. The second-order valence-electron chi connectivity index (χ2n) is 5.57. The minimum atomic E-state index is -0.695. The van der Waals surface area contributed by atoms with Gasteiger partial charge in [-0.3, -0.25) is 9.79 Å². The Kier molecular flexibility index (Phi) is 19.5. The van der Waals surface area contributed by atoms with Gasteiger partial charge < -0.3 is 15.2 Å². The molecule has 0 fully saturated rings. The van der Waals surface area contributed by atoms with E-state index in [-0.39, 0.29) is 24.3 Å². The molecular formula is C24H31ClF2N2O3S. The molecule has 2 aromatic rings. The van der Waals surface area contributed by atoms with Crippen molar-refractivity contribution in [3.8, 4) is 23.8 Å². The highest BCUT2D eigenvalue weighted by atomic mass is 35.5. The molecule has 0 aromatic heterocycles. The van der Waals surface area contributed by atoms with Gasteiger partial charge in [-0.15, -0.1) is 24.1 Å². The highest BCUT2D eigenvalue weighted by Crippen LogP contribution is 2.25. The third-order valence-electron chi connectivity index (χ3n) is 3.55. The molecule has 0 radical (unpaired) electrons. The first kappa shape index (κ1) is 32.4. The van der Waals surface area contributed by atoms with Crippen LogP contribution in [-0.4, -0.2) is 31.4 Å². The zero-order chi connectivity index (χ0) is 25.8. The van der Waals surface area contributed by atoms with E-state index in [9.17, 15) is 8.78 Å². The molecule has 2 rings (SSSR count). The SMILES string of the molecule is C#CC.CC.COc1cc(Cl)ccc1CN=C(COc1ccc(F)c(C)c1F)SC.NC=O. The van der Waals surface area contributed by atoms with Crippen LogP contribution in [0.2, 0.25) is 5.02 Å². The lowest BCUT2D eigenvalue weighted by Crippen LogP contribution is -2.10. The summed E-state index contributed by atoms with van der Waals surface area (Å²) in [5, 5.41) is 1.26. The third-order valence-corrected chi connectivity index (χ3v) is 4.50.